The fourth-order valence-electron chi connectivity index (χ4n) is 2.97. The maximum atomic E-state index is 12.9. The van der Waals surface area contributed by atoms with Gasteiger partial charge in [0.1, 0.15) is 12.0 Å². The Hall–Kier alpha value is -3.80. The number of aldehydes is 1. The van der Waals surface area contributed by atoms with Crippen molar-refractivity contribution in [2.75, 3.05) is 14.2 Å². The molecule has 0 saturated carbocycles. The van der Waals surface area contributed by atoms with E-state index in [2.05, 4.69) is 0 Å². The van der Waals surface area contributed by atoms with Crippen molar-refractivity contribution in [3.05, 3.63) is 77.4 Å². The number of hydrogen-bond donors (Lipinski definition) is 0. The summed E-state index contributed by atoms with van der Waals surface area (Å²) < 4.78 is 22.2. The highest BCUT2D eigenvalue weighted by Crippen LogP contribution is 2.33. The Morgan fingerprint density at radius 2 is 1.39 bits per heavy atom. The SMILES string of the molecule is COc1cc(C=O)ccc1Oc1ccc(C(=O)c2ccc(OC(C)C)c(OC)c2)cc1. The van der Waals surface area contributed by atoms with E-state index in [1.807, 2.05) is 13.8 Å². The molecule has 0 bridgehead atoms. The van der Waals surface area contributed by atoms with Crippen LogP contribution in [-0.4, -0.2) is 32.4 Å². The first kappa shape index (κ1) is 21.9. The molecule has 0 atom stereocenters. The van der Waals surface area contributed by atoms with Gasteiger partial charge in [-0.15, -0.1) is 0 Å². The average molecular weight is 420 g/mol. The molecule has 0 aliphatic carbocycles. The number of ketones is 1. The lowest BCUT2D eigenvalue weighted by molar-refractivity contribution is 0.103. The van der Waals surface area contributed by atoms with Crippen molar-refractivity contribution in [1.29, 1.82) is 0 Å². The van der Waals surface area contributed by atoms with E-state index >= 15 is 0 Å². The fraction of sp³-hybridized carbons (Fsp3) is 0.200. The van der Waals surface area contributed by atoms with E-state index < -0.39 is 0 Å². The van der Waals surface area contributed by atoms with E-state index in [0.29, 0.717) is 45.4 Å². The van der Waals surface area contributed by atoms with Gasteiger partial charge in [0.2, 0.25) is 0 Å². The Balaban J connectivity index is 1.78. The van der Waals surface area contributed by atoms with Crippen LogP contribution in [-0.2, 0) is 0 Å². The number of methoxy groups -OCH3 is 2. The van der Waals surface area contributed by atoms with Crippen LogP contribution < -0.4 is 18.9 Å². The summed E-state index contributed by atoms with van der Waals surface area (Å²) in [6.07, 6.45) is 0.736. The molecular formula is C25H24O6. The summed E-state index contributed by atoms with van der Waals surface area (Å²) in [6.45, 7) is 3.85. The first-order valence-corrected chi connectivity index (χ1v) is 9.75. The molecule has 3 rings (SSSR count). The Kier molecular flexibility index (Phi) is 6.92. The molecule has 31 heavy (non-hydrogen) atoms. The molecule has 6 heteroatoms. The minimum Gasteiger partial charge on any atom is -0.493 e. The highest BCUT2D eigenvalue weighted by atomic mass is 16.5. The van der Waals surface area contributed by atoms with Gasteiger partial charge in [-0.1, -0.05) is 0 Å². The molecule has 0 aliphatic rings. The Labute approximate surface area is 181 Å². The van der Waals surface area contributed by atoms with Crippen molar-refractivity contribution in [3.8, 4) is 28.7 Å². The number of benzene rings is 3. The monoisotopic (exact) mass is 420 g/mol. The standard InChI is InChI=1S/C25H24O6/c1-16(2)30-21-12-8-19(14-24(21)29-4)25(27)18-6-9-20(10-7-18)31-22-11-5-17(15-26)13-23(22)28-3/h5-16H,1-4H3. The molecule has 0 amide bonds. The van der Waals surface area contributed by atoms with Crippen LogP contribution in [0.3, 0.4) is 0 Å². The first-order valence-electron chi connectivity index (χ1n) is 9.75. The summed E-state index contributed by atoms with van der Waals surface area (Å²) in [4.78, 5) is 23.8. The fourth-order valence-corrected chi connectivity index (χ4v) is 2.97. The van der Waals surface area contributed by atoms with Crippen LogP contribution >= 0.6 is 0 Å². The Bertz CT molecular complexity index is 1070. The van der Waals surface area contributed by atoms with Crippen LogP contribution in [0.25, 0.3) is 0 Å². The van der Waals surface area contributed by atoms with Gasteiger partial charge in [-0.3, -0.25) is 9.59 Å². The van der Waals surface area contributed by atoms with Crippen molar-refractivity contribution in [3.63, 3.8) is 0 Å². The van der Waals surface area contributed by atoms with Crippen molar-refractivity contribution < 1.29 is 28.5 Å². The molecule has 0 aromatic heterocycles. The van der Waals surface area contributed by atoms with E-state index in [9.17, 15) is 9.59 Å². The number of carbonyl (C=O) groups excluding carboxylic acids is 2. The maximum Gasteiger partial charge on any atom is 0.193 e. The van der Waals surface area contributed by atoms with Gasteiger partial charge < -0.3 is 18.9 Å². The summed E-state index contributed by atoms with van der Waals surface area (Å²) in [7, 11) is 3.04. The minimum atomic E-state index is -0.145. The lowest BCUT2D eigenvalue weighted by Crippen LogP contribution is -2.08. The summed E-state index contributed by atoms with van der Waals surface area (Å²) in [5.74, 6) is 2.40. The molecule has 0 N–H and O–H groups in total. The maximum absolute atomic E-state index is 12.9. The van der Waals surface area contributed by atoms with Crippen LogP contribution in [0.15, 0.2) is 60.7 Å². The zero-order valence-electron chi connectivity index (χ0n) is 17.9. The lowest BCUT2D eigenvalue weighted by atomic mass is 10.0. The average Bonchev–Trinajstić information content (AvgIpc) is 2.79. The van der Waals surface area contributed by atoms with Crippen molar-refractivity contribution in [2.24, 2.45) is 0 Å². The largest absolute Gasteiger partial charge is 0.493 e. The highest BCUT2D eigenvalue weighted by molar-refractivity contribution is 6.09. The van der Waals surface area contributed by atoms with Gasteiger partial charge in [0.25, 0.3) is 0 Å². The molecule has 3 aromatic carbocycles. The lowest BCUT2D eigenvalue weighted by Gasteiger charge is -2.14. The third-order valence-electron chi connectivity index (χ3n) is 4.46. The number of carbonyl (C=O) groups is 2. The smallest absolute Gasteiger partial charge is 0.193 e. The third kappa shape index (κ3) is 5.22. The summed E-state index contributed by atoms with van der Waals surface area (Å²) >= 11 is 0. The number of ether oxygens (including phenoxy) is 4. The molecule has 0 fully saturated rings. The second-order valence-corrected chi connectivity index (χ2v) is 7.02. The van der Waals surface area contributed by atoms with Crippen molar-refractivity contribution in [1.82, 2.24) is 0 Å². The molecule has 160 valence electrons. The summed E-state index contributed by atoms with van der Waals surface area (Å²) in [5.41, 5.74) is 1.49. The molecular weight excluding hydrogens is 396 g/mol. The predicted octanol–water partition coefficient (Wildman–Crippen LogP) is 5.33. The quantitative estimate of drug-likeness (QED) is 0.344. The van der Waals surface area contributed by atoms with Gasteiger partial charge in [0.15, 0.2) is 28.8 Å². The van der Waals surface area contributed by atoms with Gasteiger partial charge in [-0.25, -0.2) is 0 Å². The molecule has 0 unspecified atom stereocenters. The predicted molar refractivity (Wildman–Crippen MR) is 117 cm³/mol. The van der Waals surface area contributed by atoms with E-state index in [-0.39, 0.29) is 11.9 Å². The second-order valence-electron chi connectivity index (χ2n) is 7.02. The van der Waals surface area contributed by atoms with Crippen LogP contribution in [0.4, 0.5) is 0 Å². The van der Waals surface area contributed by atoms with E-state index in [4.69, 9.17) is 18.9 Å². The molecule has 0 spiro atoms. The topological polar surface area (TPSA) is 71.1 Å². The van der Waals surface area contributed by atoms with E-state index in [1.54, 1.807) is 67.8 Å². The van der Waals surface area contributed by atoms with Gasteiger partial charge in [-0.2, -0.15) is 0 Å². The number of rotatable bonds is 9. The normalized spacial score (nSPS) is 10.5. The molecule has 3 aromatic rings. The van der Waals surface area contributed by atoms with E-state index in [0.717, 1.165) is 6.29 Å². The van der Waals surface area contributed by atoms with Crippen molar-refractivity contribution >= 4 is 12.1 Å². The van der Waals surface area contributed by atoms with Gasteiger partial charge in [0, 0.05) is 16.7 Å². The summed E-state index contributed by atoms with van der Waals surface area (Å²) in [6, 6.07) is 16.8. The van der Waals surface area contributed by atoms with E-state index in [1.165, 1.54) is 7.11 Å². The number of hydrogen-bond acceptors (Lipinski definition) is 6. The van der Waals surface area contributed by atoms with Gasteiger partial charge >= 0.3 is 0 Å². The third-order valence-corrected chi connectivity index (χ3v) is 4.46. The van der Waals surface area contributed by atoms with Crippen molar-refractivity contribution in [2.45, 2.75) is 20.0 Å². The second kappa shape index (κ2) is 9.80. The van der Waals surface area contributed by atoms with Crippen LogP contribution in [0.2, 0.25) is 0 Å². The Morgan fingerprint density at radius 3 is 2.00 bits per heavy atom. The van der Waals surface area contributed by atoms with Crippen LogP contribution in [0, 0.1) is 0 Å². The van der Waals surface area contributed by atoms with Gasteiger partial charge in [0.05, 0.1) is 20.3 Å². The zero-order valence-corrected chi connectivity index (χ0v) is 17.9. The Morgan fingerprint density at radius 1 is 0.774 bits per heavy atom. The van der Waals surface area contributed by atoms with Crippen LogP contribution in [0.5, 0.6) is 28.7 Å². The van der Waals surface area contributed by atoms with Gasteiger partial charge in [-0.05, 0) is 74.5 Å². The molecule has 0 aliphatic heterocycles. The molecule has 6 nitrogen and oxygen atoms in total. The minimum absolute atomic E-state index is 0.00346. The summed E-state index contributed by atoms with van der Waals surface area (Å²) in [5, 5.41) is 0. The van der Waals surface area contributed by atoms with Crippen LogP contribution in [0.1, 0.15) is 40.1 Å². The highest BCUT2D eigenvalue weighted by Gasteiger charge is 2.14. The molecule has 0 radical (unpaired) electrons. The first-order chi connectivity index (χ1) is 14.9. The molecule has 0 heterocycles. The zero-order chi connectivity index (χ0) is 22.4. The molecule has 0 saturated heterocycles.